The number of nitrogens with one attached hydrogen (secondary N) is 1. The molecule has 37 heavy (non-hydrogen) atoms. The highest BCUT2D eigenvalue weighted by Gasteiger charge is 2.32. The molecule has 9 heteroatoms. The average Bonchev–Trinajstić information content (AvgIpc) is 2.86. The SMILES string of the molecule is CC[C@H](C)NC(=O)[C@H](CC)N(Cc1ccc(OC)cc1)C(=O)CN(c1ccc(C(C)C)cc1)S(C)(=O)=O. The first-order valence-electron chi connectivity index (χ1n) is 12.7. The van der Waals surface area contributed by atoms with Crippen molar-refractivity contribution in [2.45, 2.75) is 72.0 Å². The van der Waals surface area contributed by atoms with Crippen LogP contribution in [0.15, 0.2) is 48.5 Å². The zero-order valence-corrected chi connectivity index (χ0v) is 23.8. The Morgan fingerprint density at radius 2 is 1.54 bits per heavy atom. The standard InChI is InChI=1S/C28H41N3O5S/c1-8-21(5)29-28(33)26(9-2)30(18-22-10-16-25(36-6)17-11-22)27(32)19-31(37(7,34)35)24-14-12-23(13-15-24)20(3)4/h10-17,20-21,26H,8-9,18-19H2,1-7H3,(H,29,33)/t21-,26-/m0/s1. The summed E-state index contributed by atoms with van der Waals surface area (Å²) in [7, 11) is -2.19. The van der Waals surface area contributed by atoms with Gasteiger partial charge in [0.1, 0.15) is 18.3 Å². The number of benzene rings is 2. The summed E-state index contributed by atoms with van der Waals surface area (Å²) in [5.41, 5.74) is 2.27. The third-order valence-corrected chi connectivity index (χ3v) is 7.57. The topological polar surface area (TPSA) is 96.0 Å². The Morgan fingerprint density at radius 1 is 0.946 bits per heavy atom. The molecule has 0 bridgehead atoms. The van der Waals surface area contributed by atoms with Crippen LogP contribution in [0, 0.1) is 0 Å². The third kappa shape index (κ3) is 8.49. The van der Waals surface area contributed by atoms with Crippen LogP contribution < -0.4 is 14.4 Å². The molecule has 204 valence electrons. The van der Waals surface area contributed by atoms with Crippen molar-refractivity contribution in [1.82, 2.24) is 10.2 Å². The highest BCUT2D eigenvalue weighted by atomic mass is 32.2. The second-order valence-electron chi connectivity index (χ2n) is 9.63. The van der Waals surface area contributed by atoms with Crippen LogP contribution >= 0.6 is 0 Å². The van der Waals surface area contributed by atoms with Gasteiger partial charge >= 0.3 is 0 Å². The zero-order valence-electron chi connectivity index (χ0n) is 23.0. The highest BCUT2D eigenvalue weighted by Crippen LogP contribution is 2.23. The second kappa shape index (κ2) is 13.5. The van der Waals surface area contributed by atoms with Crippen LogP contribution in [0.25, 0.3) is 0 Å². The molecule has 2 atom stereocenters. The van der Waals surface area contributed by atoms with Crippen molar-refractivity contribution in [3.63, 3.8) is 0 Å². The maximum atomic E-state index is 13.8. The lowest BCUT2D eigenvalue weighted by atomic mass is 10.0. The molecule has 8 nitrogen and oxygen atoms in total. The Labute approximate surface area is 222 Å². The van der Waals surface area contributed by atoms with Gasteiger partial charge in [-0.15, -0.1) is 0 Å². The molecular formula is C28H41N3O5S. The molecule has 0 heterocycles. The molecule has 0 aliphatic rings. The minimum atomic E-state index is -3.77. The Balaban J connectivity index is 2.43. The lowest BCUT2D eigenvalue weighted by Crippen LogP contribution is -2.53. The van der Waals surface area contributed by atoms with E-state index >= 15 is 0 Å². The van der Waals surface area contributed by atoms with Crippen molar-refractivity contribution in [3.8, 4) is 5.75 Å². The average molecular weight is 532 g/mol. The molecule has 0 fully saturated rings. The highest BCUT2D eigenvalue weighted by molar-refractivity contribution is 7.92. The number of amides is 2. The van der Waals surface area contributed by atoms with Crippen LogP contribution in [0.4, 0.5) is 5.69 Å². The van der Waals surface area contributed by atoms with Crippen LogP contribution in [-0.2, 0) is 26.2 Å². The number of carbonyl (C=O) groups excluding carboxylic acids is 2. The molecular weight excluding hydrogens is 490 g/mol. The van der Waals surface area contributed by atoms with Gasteiger partial charge in [0, 0.05) is 12.6 Å². The molecule has 0 radical (unpaired) electrons. The molecule has 0 saturated heterocycles. The molecule has 2 aromatic carbocycles. The molecule has 0 aromatic heterocycles. The summed E-state index contributed by atoms with van der Waals surface area (Å²) >= 11 is 0. The van der Waals surface area contributed by atoms with E-state index in [2.05, 4.69) is 19.2 Å². The first-order chi connectivity index (χ1) is 17.4. The van der Waals surface area contributed by atoms with Gasteiger partial charge in [0.25, 0.3) is 0 Å². The van der Waals surface area contributed by atoms with Gasteiger partial charge in [0.15, 0.2) is 0 Å². The van der Waals surface area contributed by atoms with Crippen molar-refractivity contribution in [3.05, 3.63) is 59.7 Å². The van der Waals surface area contributed by atoms with Crippen LogP contribution in [0.5, 0.6) is 5.75 Å². The van der Waals surface area contributed by atoms with Gasteiger partial charge in [0.2, 0.25) is 21.8 Å². The van der Waals surface area contributed by atoms with E-state index in [1.165, 1.54) is 4.90 Å². The first kappa shape index (κ1) is 30.2. The van der Waals surface area contributed by atoms with Crippen molar-refractivity contribution in [2.75, 3.05) is 24.2 Å². The van der Waals surface area contributed by atoms with E-state index in [-0.39, 0.29) is 24.4 Å². The molecule has 2 amide bonds. The number of nitrogens with zero attached hydrogens (tertiary/aromatic N) is 2. The van der Waals surface area contributed by atoms with Crippen molar-refractivity contribution in [1.29, 1.82) is 0 Å². The zero-order chi connectivity index (χ0) is 27.8. The van der Waals surface area contributed by atoms with E-state index in [9.17, 15) is 18.0 Å². The summed E-state index contributed by atoms with van der Waals surface area (Å²) in [5.74, 6) is 0.249. The number of anilines is 1. The summed E-state index contributed by atoms with van der Waals surface area (Å²) in [6, 6.07) is 13.6. The van der Waals surface area contributed by atoms with Gasteiger partial charge in [-0.1, -0.05) is 52.0 Å². The van der Waals surface area contributed by atoms with Gasteiger partial charge < -0.3 is 15.0 Å². The maximum absolute atomic E-state index is 13.8. The van der Waals surface area contributed by atoms with E-state index in [1.54, 1.807) is 31.4 Å². The number of hydrogen-bond acceptors (Lipinski definition) is 5. The van der Waals surface area contributed by atoms with Crippen molar-refractivity contribution < 1.29 is 22.7 Å². The van der Waals surface area contributed by atoms with Crippen LogP contribution in [0.1, 0.15) is 64.5 Å². The summed E-state index contributed by atoms with van der Waals surface area (Å²) in [6.07, 6.45) is 2.21. The number of methoxy groups -OCH3 is 1. The van der Waals surface area contributed by atoms with E-state index < -0.39 is 28.5 Å². The Bertz CT molecular complexity index is 1130. The molecule has 0 unspecified atom stereocenters. The van der Waals surface area contributed by atoms with E-state index in [0.29, 0.717) is 17.9 Å². The number of carbonyl (C=O) groups is 2. The smallest absolute Gasteiger partial charge is 0.244 e. The lowest BCUT2D eigenvalue weighted by molar-refractivity contribution is -0.140. The molecule has 0 aliphatic heterocycles. The van der Waals surface area contributed by atoms with Gasteiger partial charge in [-0.05, 0) is 61.1 Å². The van der Waals surface area contributed by atoms with Crippen molar-refractivity contribution >= 4 is 27.5 Å². The number of hydrogen-bond donors (Lipinski definition) is 1. The quantitative estimate of drug-likeness (QED) is 0.416. The largest absolute Gasteiger partial charge is 0.497 e. The fourth-order valence-corrected chi connectivity index (χ4v) is 4.78. The number of rotatable bonds is 13. The predicted molar refractivity (Wildman–Crippen MR) is 148 cm³/mol. The van der Waals surface area contributed by atoms with Crippen LogP contribution in [-0.4, -0.2) is 57.1 Å². The minimum absolute atomic E-state index is 0.0496. The molecule has 0 saturated carbocycles. The fraction of sp³-hybridized carbons (Fsp3) is 0.500. The summed E-state index contributed by atoms with van der Waals surface area (Å²) < 4.78 is 31.8. The van der Waals surface area contributed by atoms with Gasteiger partial charge in [-0.2, -0.15) is 0 Å². The summed E-state index contributed by atoms with van der Waals surface area (Å²) in [6.45, 7) is 9.57. The number of sulfonamides is 1. The number of ether oxygens (including phenoxy) is 1. The Kier molecular flexibility index (Phi) is 11.0. The van der Waals surface area contributed by atoms with Gasteiger partial charge in [-0.3, -0.25) is 13.9 Å². The maximum Gasteiger partial charge on any atom is 0.244 e. The predicted octanol–water partition coefficient (Wildman–Crippen LogP) is 4.31. The van der Waals surface area contributed by atoms with Crippen LogP contribution in [0.3, 0.4) is 0 Å². The van der Waals surface area contributed by atoms with E-state index in [1.807, 2.05) is 45.0 Å². The fourth-order valence-electron chi connectivity index (χ4n) is 3.93. The van der Waals surface area contributed by atoms with E-state index in [4.69, 9.17) is 4.74 Å². The van der Waals surface area contributed by atoms with Gasteiger partial charge in [-0.25, -0.2) is 8.42 Å². The molecule has 1 N–H and O–H groups in total. The minimum Gasteiger partial charge on any atom is -0.497 e. The Hall–Kier alpha value is -3.07. The summed E-state index contributed by atoms with van der Waals surface area (Å²) in [4.78, 5) is 28.4. The third-order valence-electron chi connectivity index (χ3n) is 6.43. The normalized spacial score (nSPS) is 13.1. The molecule has 2 rings (SSSR count). The molecule has 0 aliphatic carbocycles. The van der Waals surface area contributed by atoms with Gasteiger partial charge in [0.05, 0.1) is 19.1 Å². The first-order valence-corrected chi connectivity index (χ1v) is 14.6. The second-order valence-corrected chi connectivity index (χ2v) is 11.5. The molecule has 0 spiro atoms. The summed E-state index contributed by atoms with van der Waals surface area (Å²) in [5, 5.41) is 2.97. The van der Waals surface area contributed by atoms with E-state index in [0.717, 1.165) is 28.1 Å². The Morgan fingerprint density at radius 3 is 2.00 bits per heavy atom. The van der Waals surface area contributed by atoms with Crippen LogP contribution in [0.2, 0.25) is 0 Å². The monoisotopic (exact) mass is 531 g/mol. The molecule has 2 aromatic rings. The lowest BCUT2D eigenvalue weighted by Gasteiger charge is -2.33. The van der Waals surface area contributed by atoms with Crippen molar-refractivity contribution in [2.24, 2.45) is 0 Å².